The molecular weight excluding hydrogens is 228 g/mol. The van der Waals surface area contributed by atoms with E-state index in [0.717, 1.165) is 25.6 Å². The number of ether oxygens (including phenoxy) is 2. The van der Waals surface area contributed by atoms with Crippen molar-refractivity contribution < 1.29 is 9.47 Å². The van der Waals surface area contributed by atoms with Gasteiger partial charge in [-0.1, -0.05) is 6.92 Å². The molecule has 0 amide bonds. The van der Waals surface area contributed by atoms with Gasteiger partial charge in [-0.2, -0.15) is 0 Å². The lowest BCUT2D eigenvalue weighted by Gasteiger charge is -2.36. The zero-order valence-corrected chi connectivity index (χ0v) is 12.3. The van der Waals surface area contributed by atoms with Gasteiger partial charge in [0, 0.05) is 26.2 Å². The molecule has 4 heteroatoms. The van der Waals surface area contributed by atoms with E-state index in [0.29, 0.717) is 19.3 Å². The molecule has 2 unspecified atom stereocenters. The Morgan fingerprint density at radius 3 is 2.89 bits per heavy atom. The van der Waals surface area contributed by atoms with E-state index in [-0.39, 0.29) is 0 Å². The monoisotopic (exact) mass is 258 g/mol. The first-order valence-electron chi connectivity index (χ1n) is 7.30. The molecule has 0 spiro atoms. The van der Waals surface area contributed by atoms with E-state index in [1.807, 2.05) is 0 Å². The Morgan fingerprint density at radius 2 is 2.17 bits per heavy atom. The maximum atomic E-state index is 5.54. The molecule has 4 nitrogen and oxygen atoms in total. The second-order valence-electron chi connectivity index (χ2n) is 5.15. The summed E-state index contributed by atoms with van der Waals surface area (Å²) in [5.74, 6) is 0.790. The Labute approximate surface area is 112 Å². The van der Waals surface area contributed by atoms with Crippen LogP contribution in [0, 0.1) is 5.92 Å². The van der Waals surface area contributed by atoms with Gasteiger partial charge in [-0.3, -0.25) is 0 Å². The molecule has 0 bridgehead atoms. The fourth-order valence-electron chi connectivity index (χ4n) is 2.63. The summed E-state index contributed by atoms with van der Waals surface area (Å²) in [5.41, 5.74) is 0. The maximum Gasteiger partial charge on any atom is 0.0700 e. The zero-order valence-electron chi connectivity index (χ0n) is 12.3. The molecule has 0 radical (unpaired) electrons. The van der Waals surface area contributed by atoms with Crippen molar-refractivity contribution >= 4 is 0 Å². The number of nitrogens with zero attached hydrogens (tertiary/aromatic N) is 1. The van der Waals surface area contributed by atoms with Gasteiger partial charge >= 0.3 is 0 Å². The van der Waals surface area contributed by atoms with Gasteiger partial charge in [0.05, 0.1) is 19.8 Å². The molecule has 108 valence electrons. The number of nitrogens with one attached hydrogen (secondary N) is 1. The van der Waals surface area contributed by atoms with Crippen molar-refractivity contribution in [2.75, 3.05) is 53.1 Å². The predicted octanol–water partition coefficient (Wildman–Crippen LogP) is 1.36. The minimum absolute atomic E-state index is 0.632. The van der Waals surface area contributed by atoms with Crippen LogP contribution in [0.25, 0.3) is 0 Å². The lowest BCUT2D eigenvalue weighted by atomic mass is 9.91. The lowest BCUT2D eigenvalue weighted by molar-refractivity contribution is 0.0472. The van der Waals surface area contributed by atoms with Crippen LogP contribution in [-0.4, -0.2) is 64.1 Å². The summed E-state index contributed by atoms with van der Waals surface area (Å²) in [5, 5.41) is 3.55. The van der Waals surface area contributed by atoms with Crippen molar-refractivity contribution in [2.24, 2.45) is 5.92 Å². The molecule has 1 N–H and O–H groups in total. The highest BCUT2D eigenvalue weighted by atomic mass is 16.5. The number of rotatable bonds is 9. The standard InChI is InChI=1S/C14H30N2O2/c1-4-15-13(2)14-6-5-7-16(12-14)8-9-18-11-10-17-3/h13-15H,4-12H2,1-3H3. The van der Waals surface area contributed by atoms with Gasteiger partial charge in [0.15, 0.2) is 0 Å². The first-order chi connectivity index (χ1) is 8.77. The maximum absolute atomic E-state index is 5.54. The molecule has 1 fully saturated rings. The fraction of sp³-hybridized carbons (Fsp3) is 1.00. The van der Waals surface area contributed by atoms with Crippen LogP contribution in [0.1, 0.15) is 26.7 Å². The molecule has 1 aliphatic heterocycles. The molecule has 0 aliphatic carbocycles. The van der Waals surface area contributed by atoms with Crippen LogP contribution in [0.2, 0.25) is 0 Å². The van der Waals surface area contributed by atoms with E-state index < -0.39 is 0 Å². The van der Waals surface area contributed by atoms with Gasteiger partial charge in [0.1, 0.15) is 0 Å². The van der Waals surface area contributed by atoms with Crippen molar-refractivity contribution in [3.05, 3.63) is 0 Å². The zero-order chi connectivity index (χ0) is 13.2. The summed E-state index contributed by atoms with van der Waals surface area (Å²) in [7, 11) is 1.71. The summed E-state index contributed by atoms with van der Waals surface area (Å²) in [6.45, 7) is 11.3. The molecule has 18 heavy (non-hydrogen) atoms. The largest absolute Gasteiger partial charge is 0.382 e. The topological polar surface area (TPSA) is 33.7 Å². The van der Waals surface area contributed by atoms with Gasteiger partial charge in [-0.25, -0.2) is 0 Å². The molecule has 0 aromatic carbocycles. The predicted molar refractivity (Wildman–Crippen MR) is 75.0 cm³/mol. The van der Waals surface area contributed by atoms with Crippen LogP contribution in [-0.2, 0) is 9.47 Å². The Morgan fingerprint density at radius 1 is 1.33 bits per heavy atom. The Kier molecular flexibility index (Phi) is 8.59. The quantitative estimate of drug-likeness (QED) is 0.633. The number of piperidine rings is 1. The second-order valence-corrected chi connectivity index (χ2v) is 5.15. The van der Waals surface area contributed by atoms with Crippen molar-refractivity contribution in [2.45, 2.75) is 32.7 Å². The van der Waals surface area contributed by atoms with E-state index in [1.54, 1.807) is 7.11 Å². The van der Waals surface area contributed by atoms with Crippen molar-refractivity contribution in [3.8, 4) is 0 Å². The molecule has 2 atom stereocenters. The molecule has 0 aromatic heterocycles. The van der Waals surface area contributed by atoms with E-state index in [2.05, 4.69) is 24.1 Å². The Balaban J connectivity index is 2.14. The SMILES string of the molecule is CCNC(C)C1CCCN(CCOCCOC)C1. The number of hydrogen-bond acceptors (Lipinski definition) is 4. The summed E-state index contributed by atoms with van der Waals surface area (Å²) in [4.78, 5) is 2.54. The highest BCUT2D eigenvalue weighted by Gasteiger charge is 2.23. The van der Waals surface area contributed by atoms with E-state index in [9.17, 15) is 0 Å². The third-order valence-corrected chi connectivity index (χ3v) is 3.76. The average Bonchev–Trinajstić information content (AvgIpc) is 2.39. The van der Waals surface area contributed by atoms with Crippen molar-refractivity contribution in [1.29, 1.82) is 0 Å². The lowest BCUT2D eigenvalue weighted by Crippen LogP contribution is -2.45. The molecule has 1 aliphatic rings. The van der Waals surface area contributed by atoms with Crippen LogP contribution < -0.4 is 5.32 Å². The van der Waals surface area contributed by atoms with Crippen LogP contribution in [0.15, 0.2) is 0 Å². The van der Waals surface area contributed by atoms with E-state index in [1.165, 1.54) is 25.9 Å². The second kappa shape index (κ2) is 9.73. The molecular formula is C14H30N2O2. The van der Waals surface area contributed by atoms with Gasteiger partial charge in [0.25, 0.3) is 0 Å². The molecule has 1 saturated heterocycles. The summed E-state index contributed by atoms with van der Waals surface area (Å²) in [6.07, 6.45) is 2.67. The number of likely N-dealkylation sites (tertiary alicyclic amines) is 1. The van der Waals surface area contributed by atoms with Gasteiger partial charge in [0.2, 0.25) is 0 Å². The number of methoxy groups -OCH3 is 1. The van der Waals surface area contributed by atoms with Crippen molar-refractivity contribution in [3.63, 3.8) is 0 Å². The van der Waals surface area contributed by atoms with Crippen LogP contribution >= 0.6 is 0 Å². The smallest absolute Gasteiger partial charge is 0.0700 e. The van der Waals surface area contributed by atoms with Gasteiger partial charge < -0.3 is 19.7 Å². The summed E-state index contributed by atoms with van der Waals surface area (Å²) in [6, 6.07) is 0.632. The van der Waals surface area contributed by atoms with Gasteiger partial charge in [-0.05, 0) is 38.8 Å². The minimum atomic E-state index is 0.632. The van der Waals surface area contributed by atoms with Gasteiger partial charge in [-0.15, -0.1) is 0 Å². The van der Waals surface area contributed by atoms with E-state index >= 15 is 0 Å². The van der Waals surface area contributed by atoms with Crippen molar-refractivity contribution in [1.82, 2.24) is 10.2 Å². The Hall–Kier alpha value is -0.160. The first-order valence-corrected chi connectivity index (χ1v) is 7.30. The summed E-state index contributed by atoms with van der Waals surface area (Å²) >= 11 is 0. The van der Waals surface area contributed by atoms with Crippen LogP contribution in [0.3, 0.4) is 0 Å². The van der Waals surface area contributed by atoms with Crippen LogP contribution in [0.5, 0.6) is 0 Å². The third-order valence-electron chi connectivity index (χ3n) is 3.76. The first kappa shape index (κ1) is 15.9. The molecule has 1 rings (SSSR count). The highest BCUT2D eigenvalue weighted by Crippen LogP contribution is 2.19. The third kappa shape index (κ3) is 6.14. The normalized spacial score (nSPS) is 23.2. The number of hydrogen-bond donors (Lipinski definition) is 1. The molecule has 1 heterocycles. The highest BCUT2D eigenvalue weighted by molar-refractivity contribution is 4.80. The Bertz CT molecular complexity index is 202. The molecule has 0 aromatic rings. The van der Waals surface area contributed by atoms with E-state index in [4.69, 9.17) is 9.47 Å². The molecule has 0 saturated carbocycles. The van der Waals surface area contributed by atoms with Crippen LogP contribution in [0.4, 0.5) is 0 Å². The summed E-state index contributed by atoms with van der Waals surface area (Å²) < 4.78 is 10.5. The fourth-order valence-corrected chi connectivity index (χ4v) is 2.63. The average molecular weight is 258 g/mol. The minimum Gasteiger partial charge on any atom is -0.382 e.